The molecule has 0 saturated heterocycles. The van der Waals surface area contributed by atoms with Crippen molar-refractivity contribution in [1.82, 2.24) is 19.7 Å². The second-order valence-corrected chi connectivity index (χ2v) is 8.02. The topological polar surface area (TPSA) is 83.0 Å². The number of methoxy groups -OCH3 is 1. The SMILES string of the molecule is COCCn1c(SCc2nc(-c3ccccc3Cl)no2)nc2ccsc2c1=O. The van der Waals surface area contributed by atoms with E-state index in [-0.39, 0.29) is 5.56 Å². The highest BCUT2D eigenvalue weighted by Gasteiger charge is 2.16. The number of aromatic nitrogens is 4. The minimum Gasteiger partial charge on any atom is -0.383 e. The van der Waals surface area contributed by atoms with E-state index in [2.05, 4.69) is 15.1 Å². The van der Waals surface area contributed by atoms with E-state index >= 15 is 0 Å². The van der Waals surface area contributed by atoms with Gasteiger partial charge in [0.1, 0.15) is 4.70 Å². The van der Waals surface area contributed by atoms with Gasteiger partial charge in [0.2, 0.25) is 11.7 Å². The minimum atomic E-state index is -0.0677. The molecule has 0 saturated carbocycles. The van der Waals surface area contributed by atoms with Crippen LogP contribution < -0.4 is 5.56 Å². The molecule has 4 rings (SSSR count). The Morgan fingerprint density at radius 1 is 1.29 bits per heavy atom. The number of benzene rings is 1. The van der Waals surface area contributed by atoms with Gasteiger partial charge in [-0.1, -0.05) is 40.7 Å². The number of hydrogen-bond acceptors (Lipinski definition) is 8. The van der Waals surface area contributed by atoms with Crippen molar-refractivity contribution in [2.24, 2.45) is 0 Å². The summed E-state index contributed by atoms with van der Waals surface area (Å²) in [5, 5.41) is 7.01. The number of hydrogen-bond donors (Lipinski definition) is 0. The standard InChI is InChI=1S/C18H15ClN4O3S2/c1-25-8-7-23-17(24)15-13(6-9-27-15)20-18(23)28-10-14-21-16(22-26-14)11-4-2-3-5-12(11)19/h2-6,9H,7-8,10H2,1H3. The molecule has 0 atom stereocenters. The lowest BCUT2D eigenvalue weighted by Crippen LogP contribution is -2.24. The van der Waals surface area contributed by atoms with Gasteiger partial charge >= 0.3 is 0 Å². The van der Waals surface area contributed by atoms with Gasteiger partial charge in [0.15, 0.2) is 5.16 Å². The van der Waals surface area contributed by atoms with Gasteiger partial charge in [-0.15, -0.1) is 11.3 Å². The Kier molecular flexibility index (Phi) is 5.77. The monoisotopic (exact) mass is 434 g/mol. The maximum Gasteiger partial charge on any atom is 0.272 e. The molecule has 3 aromatic heterocycles. The molecular weight excluding hydrogens is 420 g/mol. The van der Waals surface area contributed by atoms with E-state index in [0.717, 1.165) is 0 Å². The van der Waals surface area contributed by atoms with Gasteiger partial charge in [0.05, 0.1) is 29.4 Å². The predicted molar refractivity (Wildman–Crippen MR) is 110 cm³/mol. The van der Waals surface area contributed by atoms with Gasteiger partial charge in [-0.3, -0.25) is 9.36 Å². The number of thiophene rings is 1. The van der Waals surface area contributed by atoms with Crippen LogP contribution in [0.15, 0.2) is 50.2 Å². The van der Waals surface area contributed by atoms with Gasteiger partial charge in [0.25, 0.3) is 5.56 Å². The van der Waals surface area contributed by atoms with Crippen LogP contribution in [0.25, 0.3) is 21.6 Å². The molecule has 10 heteroatoms. The van der Waals surface area contributed by atoms with Gasteiger partial charge in [-0.2, -0.15) is 4.98 Å². The Balaban J connectivity index is 1.59. The second kappa shape index (κ2) is 8.44. The van der Waals surface area contributed by atoms with E-state index in [1.54, 1.807) is 17.7 Å². The van der Waals surface area contributed by atoms with E-state index in [9.17, 15) is 4.79 Å². The molecule has 0 aliphatic rings. The fourth-order valence-electron chi connectivity index (χ4n) is 2.61. The van der Waals surface area contributed by atoms with Crippen LogP contribution in [0.5, 0.6) is 0 Å². The van der Waals surface area contributed by atoms with Crippen molar-refractivity contribution in [2.45, 2.75) is 17.5 Å². The molecule has 0 bridgehead atoms. The van der Waals surface area contributed by atoms with Gasteiger partial charge in [-0.25, -0.2) is 4.98 Å². The first-order valence-corrected chi connectivity index (χ1v) is 10.6. The van der Waals surface area contributed by atoms with Crippen molar-refractivity contribution in [2.75, 3.05) is 13.7 Å². The quantitative estimate of drug-likeness (QED) is 0.320. The first kappa shape index (κ1) is 19.1. The lowest BCUT2D eigenvalue weighted by Gasteiger charge is -2.10. The summed E-state index contributed by atoms with van der Waals surface area (Å²) in [5.41, 5.74) is 1.33. The first-order valence-electron chi connectivity index (χ1n) is 8.34. The van der Waals surface area contributed by atoms with E-state index < -0.39 is 0 Å². The van der Waals surface area contributed by atoms with E-state index in [1.165, 1.54) is 23.1 Å². The summed E-state index contributed by atoms with van der Waals surface area (Å²) in [7, 11) is 1.60. The molecule has 0 fully saturated rings. The number of fused-ring (bicyclic) bond motifs is 1. The molecule has 7 nitrogen and oxygen atoms in total. The Morgan fingerprint density at radius 2 is 2.14 bits per heavy atom. The number of ether oxygens (including phenoxy) is 1. The van der Waals surface area contributed by atoms with Crippen LogP contribution >= 0.6 is 34.7 Å². The highest BCUT2D eigenvalue weighted by molar-refractivity contribution is 7.98. The van der Waals surface area contributed by atoms with Crippen molar-refractivity contribution < 1.29 is 9.26 Å². The third kappa shape index (κ3) is 3.83. The van der Waals surface area contributed by atoms with Crippen molar-refractivity contribution in [3.8, 4) is 11.4 Å². The largest absolute Gasteiger partial charge is 0.383 e. The maximum absolute atomic E-state index is 12.8. The summed E-state index contributed by atoms with van der Waals surface area (Å²) in [4.78, 5) is 21.8. The van der Waals surface area contributed by atoms with Crippen molar-refractivity contribution >= 4 is 44.9 Å². The van der Waals surface area contributed by atoms with Gasteiger partial charge in [-0.05, 0) is 23.6 Å². The van der Waals surface area contributed by atoms with Crippen LogP contribution in [0.3, 0.4) is 0 Å². The molecule has 1 aromatic carbocycles. The number of thioether (sulfide) groups is 1. The third-order valence-corrected chi connectivity index (χ3v) is 6.14. The molecular formula is C18H15ClN4O3S2. The molecule has 144 valence electrons. The Bertz CT molecular complexity index is 1170. The molecule has 0 radical (unpaired) electrons. The number of halogens is 1. The predicted octanol–water partition coefficient (Wildman–Crippen LogP) is 4.10. The molecule has 28 heavy (non-hydrogen) atoms. The zero-order chi connectivity index (χ0) is 19.5. The minimum absolute atomic E-state index is 0.0677. The Labute approximate surface area is 173 Å². The van der Waals surface area contributed by atoms with Gasteiger partial charge < -0.3 is 9.26 Å². The molecule has 0 spiro atoms. The van der Waals surface area contributed by atoms with Crippen LogP contribution in [-0.4, -0.2) is 33.4 Å². The summed E-state index contributed by atoms with van der Waals surface area (Å²) in [5.74, 6) is 1.24. The van der Waals surface area contributed by atoms with E-state index in [0.29, 0.717) is 56.6 Å². The maximum atomic E-state index is 12.8. The molecule has 3 heterocycles. The highest BCUT2D eigenvalue weighted by atomic mass is 35.5. The summed E-state index contributed by atoms with van der Waals surface area (Å²) >= 11 is 8.94. The molecule has 0 N–H and O–H groups in total. The smallest absolute Gasteiger partial charge is 0.272 e. The zero-order valence-electron chi connectivity index (χ0n) is 14.8. The number of nitrogens with zero attached hydrogens (tertiary/aromatic N) is 4. The summed E-state index contributed by atoms with van der Waals surface area (Å²) < 4.78 is 12.7. The van der Waals surface area contributed by atoms with E-state index in [4.69, 9.17) is 20.9 Å². The van der Waals surface area contributed by atoms with Crippen LogP contribution in [0, 0.1) is 0 Å². The first-order chi connectivity index (χ1) is 13.7. The summed E-state index contributed by atoms with van der Waals surface area (Å²) in [6.07, 6.45) is 0. The van der Waals surface area contributed by atoms with Crippen molar-refractivity contribution in [1.29, 1.82) is 0 Å². The number of rotatable bonds is 7. The van der Waals surface area contributed by atoms with Crippen molar-refractivity contribution in [3.63, 3.8) is 0 Å². The molecule has 0 aliphatic heterocycles. The van der Waals surface area contributed by atoms with Crippen LogP contribution in [0.1, 0.15) is 5.89 Å². The Hall–Kier alpha value is -2.20. The molecule has 0 unspecified atom stereocenters. The summed E-state index contributed by atoms with van der Waals surface area (Å²) in [6.45, 7) is 0.844. The van der Waals surface area contributed by atoms with Gasteiger partial charge in [0, 0.05) is 12.7 Å². The molecule has 0 aliphatic carbocycles. The van der Waals surface area contributed by atoms with Crippen LogP contribution in [-0.2, 0) is 17.0 Å². The average Bonchev–Trinajstić information content (AvgIpc) is 3.36. The fraction of sp³-hybridized carbons (Fsp3) is 0.222. The third-order valence-electron chi connectivity index (χ3n) is 3.96. The average molecular weight is 435 g/mol. The zero-order valence-corrected chi connectivity index (χ0v) is 17.2. The Morgan fingerprint density at radius 3 is 2.96 bits per heavy atom. The van der Waals surface area contributed by atoms with Crippen LogP contribution in [0.4, 0.5) is 0 Å². The van der Waals surface area contributed by atoms with Crippen LogP contribution in [0.2, 0.25) is 5.02 Å². The lowest BCUT2D eigenvalue weighted by atomic mass is 10.2. The molecule has 4 aromatic rings. The fourth-order valence-corrected chi connectivity index (χ4v) is 4.47. The molecule has 0 amide bonds. The normalized spacial score (nSPS) is 11.4. The second-order valence-electron chi connectivity index (χ2n) is 5.76. The summed E-state index contributed by atoms with van der Waals surface area (Å²) in [6, 6.07) is 9.15. The van der Waals surface area contributed by atoms with E-state index in [1.807, 2.05) is 29.6 Å². The highest BCUT2D eigenvalue weighted by Crippen LogP contribution is 2.27. The lowest BCUT2D eigenvalue weighted by molar-refractivity contribution is 0.183. The van der Waals surface area contributed by atoms with Crippen molar-refractivity contribution in [3.05, 3.63) is 57.0 Å².